The van der Waals surface area contributed by atoms with Gasteiger partial charge in [0, 0.05) is 6.20 Å². The fraction of sp³-hybridized carbons (Fsp3) is 0.178. The van der Waals surface area contributed by atoms with Crippen molar-refractivity contribution in [1.82, 2.24) is 9.13 Å². The average molecular weight is 767 g/mol. The Hall–Kier alpha value is -6.89. The molecule has 12 nitrogen and oxygen atoms in total. The molecule has 5 aromatic carbocycles. The minimum Gasteiger partial charge on any atom is -0.459 e. The number of nitrogens with zero attached hydrogens (tertiary/aromatic N) is 2. The number of carbonyl (C=O) groups excluding carboxylic acids is 3. The van der Waals surface area contributed by atoms with Gasteiger partial charge in [0.1, 0.15) is 12.7 Å². The predicted octanol–water partition coefficient (Wildman–Crippen LogP) is 5.98. The zero-order valence-corrected chi connectivity index (χ0v) is 30.6. The van der Waals surface area contributed by atoms with Gasteiger partial charge in [-0.05, 0) is 47.5 Å². The number of rotatable bonds is 14. The summed E-state index contributed by atoms with van der Waals surface area (Å²) in [6, 6.07) is 42.9. The minimum absolute atomic E-state index is 0.100. The van der Waals surface area contributed by atoms with Gasteiger partial charge < -0.3 is 23.7 Å². The highest BCUT2D eigenvalue weighted by Crippen LogP contribution is 2.35. The molecule has 1 fully saturated rings. The predicted molar refractivity (Wildman–Crippen MR) is 207 cm³/mol. The highest BCUT2D eigenvalue weighted by molar-refractivity contribution is 5.91. The Morgan fingerprint density at radius 1 is 0.561 bits per heavy atom. The van der Waals surface area contributed by atoms with E-state index in [1.165, 1.54) is 6.20 Å². The Balaban J connectivity index is 1.30. The fourth-order valence-electron chi connectivity index (χ4n) is 6.40. The van der Waals surface area contributed by atoms with Gasteiger partial charge in [-0.2, -0.15) is 0 Å². The van der Waals surface area contributed by atoms with Crippen molar-refractivity contribution in [3.05, 3.63) is 212 Å². The molecule has 0 aliphatic carbocycles. The van der Waals surface area contributed by atoms with E-state index in [0.717, 1.165) is 14.7 Å². The summed E-state index contributed by atoms with van der Waals surface area (Å²) in [5, 5.41) is 0. The Bertz CT molecular complexity index is 2400. The van der Waals surface area contributed by atoms with Gasteiger partial charge in [-0.15, -0.1) is 0 Å². The van der Waals surface area contributed by atoms with Crippen LogP contribution in [-0.2, 0) is 43.4 Å². The maximum Gasteiger partial charge on any atom is 0.338 e. The molecule has 1 aromatic heterocycles. The van der Waals surface area contributed by atoms with Gasteiger partial charge in [0.15, 0.2) is 18.4 Å². The highest BCUT2D eigenvalue weighted by atomic mass is 16.7. The van der Waals surface area contributed by atoms with Gasteiger partial charge in [-0.1, -0.05) is 115 Å². The summed E-state index contributed by atoms with van der Waals surface area (Å²) in [4.78, 5) is 69.1. The van der Waals surface area contributed by atoms with Crippen LogP contribution in [0.1, 0.15) is 54.0 Å². The van der Waals surface area contributed by atoms with Crippen LogP contribution in [0, 0.1) is 0 Å². The lowest BCUT2D eigenvalue weighted by Gasteiger charge is -2.25. The maximum absolute atomic E-state index is 14.5. The topological polar surface area (TPSA) is 141 Å². The molecule has 0 bridgehead atoms. The third-order valence-corrected chi connectivity index (χ3v) is 9.27. The number of esters is 3. The zero-order chi connectivity index (χ0) is 39.6. The highest BCUT2D eigenvalue weighted by Gasteiger charge is 2.52. The van der Waals surface area contributed by atoms with Crippen LogP contribution in [0.2, 0.25) is 0 Å². The van der Waals surface area contributed by atoms with E-state index in [-0.39, 0.29) is 42.0 Å². The first-order valence-electron chi connectivity index (χ1n) is 18.3. The average Bonchev–Trinajstić information content (AvgIpc) is 3.59. The molecule has 6 aromatic rings. The first-order chi connectivity index (χ1) is 27.9. The largest absolute Gasteiger partial charge is 0.459 e. The third-order valence-electron chi connectivity index (χ3n) is 9.27. The molecule has 0 spiro atoms. The molecule has 4 atom stereocenters. The lowest BCUT2D eigenvalue weighted by atomic mass is 10.1. The number of aromatic nitrogens is 2. The molecule has 1 saturated heterocycles. The van der Waals surface area contributed by atoms with E-state index in [2.05, 4.69) is 0 Å². The van der Waals surface area contributed by atoms with E-state index >= 15 is 0 Å². The number of carbonyl (C=O) groups is 3. The standard InChI is InChI=1S/C45H38N2O10/c48-40-36(29-53-28-32-18-8-2-9-19-32)27-47(45(52)46(40)26-31-16-6-1-7-17-31)41-39(57-44(51)35-24-14-5-15-25-35)38(56-43(50)34-22-12-4-13-23-34)37(55-41)30-54-42(49)33-20-10-3-11-21-33/h1-25,27,37-39,41H,26,28-30H2/t37-,38-,39-,41-/m1/s1. The summed E-state index contributed by atoms with van der Waals surface area (Å²) in [7, 11) is 0. The van der Waals surface area contributed by atoms with Crippen LogP contribution in [0.4, 0.5) is 0 Å². The van der Waals surface area contributed by atoms with Crippen LogP contribution in [-0.4, -0.2) is 52.0 Å². The Morgan fingerprint density at radius 3 is 1.58 bits per heavy atom. The Kier molecular flexibility index (Phi) is 12.2. The van der Waals surface area contributed by atoms with Crippen LogP contribution in [0.5, 0.6) is 0 Å². The number of ether oxygens (including phenoxy) is 5. The monoisotopic (exact) mass is 766 g/mol. The summed E-state index contributed by atoms with van der Waals surface area (Å²) in [6.07, 6.45) is -4.31. The van der Waals surface area contributed by atoms with Gasteiger partial charge in [-0.25, -0.2) is 19.2 Å². The fourth-order valence-corrected chi connectivity index (χ4v) is 6.40. The second-order valence-electron chi connectivity index (χ2n) is 13.2. The van der Waals surface area contributed by atoms with Crippen LogP contribution in [0.25, 0.3) is 0 Å². The lowest BCUT2D eigenvalue weighted by Crippen LogP contribution is -2.46. The smallest absolute Gasteiger partial charge is 0.338 e. The molecule has 7 rings (SSSR count). The summed E-state index contributed by atoms with van der Waals surface area (Å²) >= 11 is 0. The van der Waals surface area contributed by atoms with E-state index in [1.54, 1.807) is 115 Å². The number of hydrogen-bond donors (Lipinski definition) is 0. The van der Waals surface area contributed by atoms with Gasteiger partial charge >= 0.3 is 23.6 Å². The van der Waals surface area contributed by atoms with E-state index in [9.17, 15) is 24.0 Å². The van der Waals surface area contributed by atoms with Crippen molar-refractivity contribution in [1.29, 1.82) is 0 Å². The molecule has 57 heavy (non-hydrogen) atoms. The Morgan fingerprint density at radius 2 is 1.04 bits per heavy atom. The molecule has 0 amide bonds. The molecular formula is C45H38N2O10. The first-order valence-corrected chi connectivity index (χ1v) is 18.3. The Labute approximate surface area is 327 Å². The molecule has 288 valence electrons. The summed E-state index contributed by atoms with van der Waals surface area (Å²) in [6.45, 7) is -0.561. The SMILES string of the molecule is O=C(OC[C@H]1O[C@@H](n2cc(COCc3ccccc3)c(=O)n(Cc3ccccc3)c2=O)[C@H](OC(=O)c2ccccc2)[C@@H]1OC(=O)c1ccccc1)c1ccccc1. The van der Waals surface area contributed by atoms with Gasteiger partial charge in [-0.3, -0.25) is 13.9 Å². The van der Waals surface area contributed by atoms with Crippen LogP contribution in [0.15, 0.2) is 167 Å². The quantitative estimate of drug-likeness (QED) is 0.0961. The normalized spacial score (nSPS) is 17.4. The second-order valence-corrected chi connectivity index (χ2v) is 13.2. The third kappa shape index (κ3) is 9.33. The molecule has 0 N–H and O–H groups in total. The number of benzene rings is 5. The van der Waals surface area contributed by atoms with Crippen molar-refractivity contribution in [2.24, 2.45) is 0 Å². The van der Waals surface area contributed by atoms with E-state index in [1.807, 2.05) is 36.4 Å². The van der Waals surface area contributed by atoms with Crippen LogP contribution in [0.3, 0.4) is 0 Å². The van der Waals surface area contributed by atoms with E-state index in [4.69, 9.17) is 23.7 Å². The van der Waals surface area contributed by atoms with Crippen molar-refractivity contribution in [2.75, 3.05) is 6.61 Å². The molecule has 0 saturated carbocycles. The van der Waals surface area contributed by atoms with Gasteiger partial charge in [0.05, 0.1) is 42.0 Å². The van der Waals surface area contributed by atoms with Crippen molar-refractivity contribution < 1.29 is 38.1 Å². The van der Waals surface area contributed by atoms with Crippen molar-refractivity contribution in [2.45, 2.75) is 44.3 Å². The summed E-state index contributed by atoms with van der Waals surface area (Å²) in [5.41, 5.74) is 0.904. The molecule has 1 aliphatic heterocycles. The molecule has 1 aliphatic rings. The summed E-state index contributed by atoms with van der Waals surface area (Å²) < 4.78 is 32.4. The van der Waals surface area contributed by atoms with Crippen molar-refractivity contribution in [3.63, 3.8) is 0 Å². The maximum atomic E-state index is 14.5. The molecule has 0 radical (unpaired) electrons. The second kappa shape index (κ2) is 18.2. The van der Waals surface area contributed by atoms with Gasteiger partial charge in [0.25, 0.3) is 5.56 Å². The van der Waals surface area contributed by atoms with Gasteiger partial charge in [0.2, 0.25) is 0 Å². The van der Waals surface area contributed by atoms with Crippen LogP contribution < -0.4 is 11.2 Å². The van der Waals surface area contributed by atoms with E-state index in [0.29, 0.717) is 5.56 Å². The van der Waals surface area contributed by atoms with Crippen molar-refractivity contribution >= 4 is 17.9 Å². The van der Waals surface area contributed by atoms with Crippen molar-refractivity contribution in [3.8, 4) is 0 Å². The molecule has 2 heterocycles. The van der Waals surface area contributed by atoms with Crippen LogP contribution >= 0.6 is 0 Å². The molecule has 0 unspecified atom stereocenters. The molecule has 12 heteroatoms. The number of hydrogen-bond acceptors (Lipinski definition) is 10. The zero-order valence-electron chi connectivity index (χ0n) is 30.6. The minimum atomic E-state index is -1.48. The first kappa shape index (κ1) is 38.4. The summed E-state index contributed by atoms with van der Waals surface area (Å²) in [5.74, 6) is -2.25. The molecular weight excluding hydrogens is 728 g/mol. The lowest BCUT2D eigenvalue weighted by molar-refractivity contribution is -0.0647. The van der Waals surface area contributed by atoms with E-state index < -0.39 is 60.3 Å².